The predicted molar refractivity (Wildman–Crippen MR) is 156 cm³/mol. The fourth-order valence-electron chi connectivity index (χ4n) is 4.68. The molecule has 1 heterocycles. The van der Waals surface area contributed by atoms with Crippen LogP contribution in [0.25, 0.3) is 22.0 Å². The van der Waals surface area contributed by atoms with Crippen LogP contribution in [0, 0.1) is 0 Å². The predicted octanol–water partition coefficient (Wildman–Crippen LogP) is 5.52. The van der Waals surface area contributed by atoms with Crippen LogP contribution in [0.3, 0.4) is 0 Å². The quantitative estimate of drug-likeness (QED) is 0.155. The van der Waals surface area contributed by atoms with Crippen molar-refractivity contribution in [1.82, 2.24) is 10.3 Å². The number of hydrogen-bond acceptors (Lipinski definition) is 6. The Hall–Kier alpha value is -4.59. The first-order valence-corrected chi connectivity index (χ1v) is 12.8. The number of fused-ring (bicyclic) bond motifs is 1. The highest BCUT2D eigenvalue weighted by Crippen LogP contribution is 2.33. The van der Waals surface area contributed by atoms with Gasteiger partial charge in [0.1, 0.15) is 11.5 Å². The maximum atomic E-state index is 11.6. The van der Waals surface area contributed by atoms with Crippen LogP contribution in [0.1, 0.15) is 17.2 Å². The zero-order valence-electron chi connectivity index (χ0n) is 21.6. The number of ether oxygens (including phenoxy) is 1. The molecule has 198 valence electrons. The van der Waals surface area contributed by atoms with E-state index in [0.717, 1.165) is 34.7 Å². The summed E-state index contributed by atoms with van der Waals surface area (Å²) in [4.78, 5) is 14.2. The molecule has 0 fully saturated rings. The van der Waals surface area contributed by atoms with Gasteiger partial charge < -0.3 is 30.6 Å². The highest BCUT2D eigenvalue weighted by molar-refractivity contribution is 5.87. The van der Waals surface area contributed by atoms with Gasteiger partial charge in [-0.2, -0.15) is 0 Å². The third-order valence-electron chi connectivity index (χ3n) is 6.72. The molecule has 0 radical (unpaired) electrons. The number of phenolic OH excluding ortho intramolecular Hbond substituents is 1. The fraction of sp³-hybridized carbons (Fsp3) is 0.156. The number of aliphatic hydroxyl groups is 1. The van der Waals surface area contributed by atoms with E-state index in [1.165, 1.54) is 17.7 Å². The minimum Gasteiger partial charge on any atom is -0.506 e. The highest BCUT2D eigenvalue weighted by Gasteiger charge is 2.14. The van der Waals surface area contributed by atoms with E-state index in [2.05, 4.69) is 58.1 Å². The minimum atomic E-state index is -0.782. The first kappa shape index (κ1) is 26.0. The second-order valence-electron chi connectivity index (χ2n) is 9.36. The van der Waals surface area contributed by atoms with Crippen LogP contribution in [-0.2, 0) is 6.42 Å². The summed E-state index contributed by atoms with van der Waals surface area (Å²) in [5.74, 6) is 0.807. The van der Waals surface area contributed by atoms with Crippen molar-refractivity contribution in [2.45, 2.75) is 12.5 Å². The SMILES string of the molecule is COc1ccc(Nc2ccc(CCNC[C@H](O)c3ccc(O)c4[nH]c(=O)ccc34)cc2)cc1-c1ccccc1. The molecule has 0 saturated heterocycles. The minimum absolute atomic E-state index is 0.0202. The van der Waals surface area contributed by atoms with Crippen molar-refractivity contribution >= 4 is 22.3 Å². The number of aromatic hydroxyl groups is 1. The van der Waals surface area contributed by atoms with Crippen molar-refractivity contribution in [2.24, 2.45) is 0 Å². The molecule has 1 aromatic heterocycles. The Balaban J connectivity index is 1.16. The van der Waals surface area contributed by atoms with Gasteiger partial charge in [0.25, 0.3) is 0 Å². The van der Waals surface area contributed by atoms with E-state index < -0.39 is 6.10 Å². The van der Waals surface area contributed by atoms with Gasteiger partial charge in [0, 0.05) is 34.9 Å². The van der Waals surface area contributed by atoms with Crippen molar-refractivity contribution in [3.05, 3.63) is 119 Å². The summed E-state index contributed by atoms with van der Waals surface area (Å²) in [6.07, 6.45) is 0.0213. The summed E-state index contributed by atoms with van der Waals surface area (Å²) < 4.78 is 5.56. The molecule has 7 heteroatoms. The number of nitrogens with one attached hydrogen (secondary N) is 3. The number of aromatic amines is 1. The molecule has 4 aromatic carbocycles. The number of rotatable bonds is 10. The van der Waals surface area contributed by atoms with Gasteiger partial charge >= 0.3 is 0 Å². The fourth-order valence-corrected chi connectivity index (χ4v) is 4.68. The normalized spacial score (nSPS) is 11.8. The van der Waals surface area contributed by atoms with Gasteiger partial charge in [0.05, 0.1) is 18.7 Å². The maximum Gasteiger partial charge on any atom is 0.248 e. The summed E-state index contributed by atoms with van der Waals surface area (Å²) in [5, 5.41) is 28.2. The lowest BCUT2D eigenvalue weighted by atomic mass is 10.0. The Morgan fingerprint density at radius 3 is 2.44 bits per heavy atom. The lowest BCUT2D eigenvalue weighted by molar-refractivity contribution is 0.176. The number of hydrogen-bond donors (Lipinski definition) is 5. The van der Waals surface area contributed by atoms with Crippen LogP contribution in [0.4, 0.5) is 11.4 Å². The van der Waals surface area contributed by atoms with E-state index in [4.69, 9.17) is 4.74 Å². The van der Waals surface area contributed by atoms with E-state index >= 15 is 0 Å². The van der Waals surface area contributed by atoms with E-state index in [-0.39, 0.29) is 11.3 Å². The molecule has 5 N–H and O–H groups in total. The van der Waals surface area contributed by atoms with Gasteiger partial charge in [-0.15, -0.1) is 0 Å². The van der Waals surface area contributed by atoms with Crippen LogP contribution >= 0.6 is 0 Å². The first-order chi connectivity index (χ1) is 19.0. The maximum absolute atomic E-state index is 11.6. The molecule has 0 bridgehead atoms. The number of aromatic nitrogens is 1. The number of methoxy groups -OCH3 is 1. The molecular formula is C32H31N3O4. The second-order valence-corrected chi connectivity index (χ2v) is 9.36. The van der Waals surface area contributed by atoms with Crippen molar-refractivity contribution < 1.29 is 14.9 Å². The third kappa shape index (κ3) is 6.12. The Labute approximate surface area is 226 Å². The Morgan fingerprint density at radius 2 is 1.67 bits per heavy atom. The van der Waals surface area contributed by atoms with Gasteiger partial charge in [-0.25, -0.2) is 0 Å². The van der Waals surface area contributed by atoms with E-state index in [0.29, 0.717) is 29.6 Å². The number of phenols is 1. The molecule has 7 nitrogen and oxygen atoms in total. The molecule has 5 aromatic rings. The Morgan fingerprint density at radius 1 is 0.897 bits per heavy atom. The Bertz CT molecular complexity index is 1620. The molecule has 1 atom stereocenters. The van der Waals surface area contributed by atoms with Crippen LogP contribution in [0.5, 0.6) is 11.5 Å². The molecule has 0 aliphatic rings. The summed E-state index contributed by atoms with van der Waals surface area (Å²) >= 11 is 0. The Kier molecular flexibility index (Phi) is 7.91. The number of benzene rings is 4. The van der Waals surface area contributed by atoms with Gasteiger partial charge in [0.2, 0.25) is 5.56 Å². The zero-order chi connectivity index (χ0) is 27.2. The van der Waals surface area contributed by atoms with E-state index in [1.807, 2.05) is 30.3 Å². The average Bonchev–Trinajstić information content (AvgIpc) is 2.97. The summed E-state index contributed by atoms with van der Waals surface area (Å²) in [6.45, 7) is 1.04. The van der Waals surface area contributed by atoms with E-state index in [9.17, 15) is 15.0 Å². The molecule has 39 heavy (non-hydrogen) atoms. The van der Waals surface area contributed by atoms with Crippen molar-refractivity contribution in [2.75, 3.05) is 25.5 Å². The number of aliphatic hydroxyl groups excluding tert-OH is 1. The molecule has 5 rings (SSSR count). The number of H-pyrrole nitrogens is 1. The number of anilines is 2. The average molecular weight is 522 g/mol. The third-order valence-corrected chi connectivity index (χ3v) is 6.72. The molecule has 0 aliphatic heterocycles. The molecule has 0 saturated carbocycles. The van der Waals surface area contributed by atoms with Gasteiger partial charge in [-0.05, 0) is 72.1 Å². The summed E-state index contributed by atoms with van der Waals surface area (Å²) in [6, 6.07) is 30.7. The van der Waals surface area contributed by atoms with Gasteiger partial charge in [0.15, 0.2) is 0 Å². The monoisotopic (exact) mass is 521 g/mol. The van der Waals surface area contributed by atoms with Gasteiger partial charge in [-0.3, -0.25) is 4.79 Å². The van der Waals surface area contributed by atoms with Gasteiger partial charge in [-0.1, -0.05) is 48.5 Å². The molecule has 0 amide bonds. The first-order valence-electron chi connectivity index (χ1n) is 12.8. The zero-order valence-corrected chi connectivity index (χ0v) is 21.6. The highest BCUT2D eigenvalue weighted by atomic mass is 16.5. The number of pyridine rings is 1. The lowest BCUT2D eigenvalue weighted by Crippen LogP contribution is -2.24. The van der Waals surface area contributed by atoms with Crippen LogP contribution in [0.2, 0.25) is 0 Å². The topological polar surface area (TPSA) is 107 Å². The van der Waals surface area contributed by atoms with Crippen molar-refractivity contribution in [3.63, 3.8) is 0 Å². The molecule has 0 unspecified atom stereocenters. The summed E-state index contributed by atoms with van der Waals surface area (Å²) in [7, 11) is 1.68. The second kappa shape index (κ2) is 11.9. The van der Waals surface area contributed by atoms with Crippen molar-refractivity contribution in [3.8, 4) is 22.6 Å². The molecule has 0 aliphatic carbocycles. The molecule has 0 spiro atoms. The standard InChI is InChI=1S/C32H31N3O4/c1-39-30-15-11-24(19-27(30)22-5-3-2-4-6-22)34-23-9-7-21(8-10-23)17-18-33-20-29(37)25-12-14-28(36)32-26(25)13-16-31(38)35-32/h2-16,19,29,33-34,36-37H,17-18,20H2,1H3,(H,35,38)/t29-/m0/s1. The van der Waals surface area contributed by atoms with Crippen LogP contribution in [-0.4, -0.2) is 35.4 Å². The van der Waals surface area contributed by atoms with Crippen LogP contribution in [0.15, 0.2) is 102 Å². The lowest BCUT2D eigenvalue weighted by Gasteiger charge is -2.15. The molecular weight excluding hydrogens is 490 g/mol. The van der Waals surface area contributed by atoms with E-state index in [1.54, 1.807) is 19.2 Å². The smallest absolute Gasteiger partial charge is 0.248 e. The summed E-state index contributed by atoms with van der Waals surface area (Å²) in [5.41, 5.74) is 5.95. The largest absolute Gasteiger partial charge is 0.506 e. The van der Waals surface area contributed by atoms with Crippen LogP contribution < -0.4 is 20.9 Å². The van der Waals surface area contributed by atoms with Crippen molar-refractivity contribution in [1.29, 1.82) is 0 Å².